The molecule has 0 amide bonds. The van der Waals surface area contributed by atoms with Crippen LogP contribution in [0.2, 0.25) is 0 Å². The Bertz CT molecular complexity index is 657. The molecule has 2 nitrogen and oxygen atoms in total. The van der Waals surface area contributed by atoms with Crippen molar-refractivity contribution in [1.82, 2.24) is 0 Å². The van der Waals surface area contributed by atoms with E-state index in [9.17, 15) is 5.11 Å². The van der Waals surface area contributed by atoms with Crippen LogP contribution >= 0.6 is 0 Å². The molecule has 3 aromatic rings. The van der Waals surface area contributed by atoms with E-state index < -0.39 is 11.9 Å². The van der Waals surface area contributed by atoms with Crippen LogP contribution in [-0.4, -0.2) is 11.4 Å². The molecule has 2 heteroatoms. The van der Waals surface area contributed by atoms with Crippen molar-refractivity contribution in [2.45, 2.75) is 31.7 Å². The summed E-state index contributed by atoms with van der Waals surface area (Å²) in [4.78, 5) is 0. The molecular weight excluding hydrogens is 308 g/mol. The maximum absolute atomic E-state index is 10.5. The van der Waals surface area contributed by atoms with E-state index >= 15 is 0 Å². The van der Waals surface area contributed by atoms with Gasteiger partial charge >= 0.3 is 0 Å². The number of ether oxygens (including phenoxy) is 1. The number of aliphatic hydroxyl groups excluding tert-OH is 1. The Balaban J connectivity index is 2.24. The molecule has 0 heterocycles. The quantitative estimate of drug-likeness (QED) is 0.481. The van der Waals surface area contributed by atoms with Crippen LogP contribution in [0, 0.1) is 0 Å². The van der Waals surface area contributed by atoms with Gasteiger partial charge in [0.2, 0.25) is 0 Å². The van der Waals surface area contributed by atoms with Crippen molar-refractivity contribution in [1.29, 1.82) is 0 Å². The third kappa shape index (κ3) is 3.65. The van der Waals surface area contributed by atoms with E-state index in [0.29, 0.717) is 6.42 Å². The van der Waals surface area contributed by atoms with Crippen molar-refractivity contribution >= 4 is 0 Å². The van der Waals surface area contributed by atoms with E-state index in [4.69, 9.17) is 4.74 Å². The van der Waals surface area contributed by atoms with Crippen LogP contribution in [0.25, 0.3) is 0 Å². The second kappa shape index (κ2) is 8.11. The van der Waals surface area contributed by atoms with Crippen molar-refractivity contribution < 1.29 is 9.84 Å². The number of rotatable bonds is 7. The minimum atomic E-state index is -0.849. The first-order chi connectivity index (χ1) is 12.3. The SMILES string of the molecule is CCCC(O)OC(c1ccccc1)(c1ccccc1)c1ccccc1. The van der Waals surface area contributed by atoms with E-state index in [0.717, 1.165) is 23.1 Å². The van der Waals surface area contributed by atoms with Gasteiger partial charge in [-0.3, -0.25) is 0 Å². The van der Waals surface area contributed by atoms with Crippen molar-refractivity contribution in [2.24, 2.45) is 0 Å². The lowest BCUT2D eigenvalue weighted by Crippen LogP contribution is -2.37. The Hall–Kier alpha value is -2.42. The van der Waals surface area contributed by atoms with Crippen LogP contribution in [0.15, 0.2) is 91.0 Å². The molecular formula is C23H24O2. The van der Waals surface area contributed by atoms with Crippen LogP contribution in [0.1, 0.15) is 36.5 Å². The highest BCUT2D eigenvalue weighted by Crippen LogP contribution is 2.41. The van der Waals surface area contributed by atoms with Crippen molar-refractivity contribution in [3.63, 3.8) is 0 Å². The summed E-state index contributed by atoms with van der Waals surface area (Å²) in [5, 5.41) is 10.5. The lowest BCUT2D eigenvalue weighted by atomic mass is 9.80. The average Bonchev–Trinajstić information content (AvgIpc) is 2.68. The molecule has 0 spiro atoms. The zero-order chi connectivity index (χ0) is 17.5. The van der Waals surface area contributed by atoms with E-state index in [1.807, 2.05) is 61.5 Å². The van der Waals surface area contributed by atoms with Gasteiger partial charge in [0, 0.05) is 0 Å². The summed E-state index contributed by atoms with van der Waals surface area (Å²) in [6, 6.07) is 30.3. The van der Waals surface area contributed by atoms with Gasteiger partial charge in [-0.15, -0.1) is 0 Å². The summed E-state index contributed by atoms with van der Waals surface area (Å²) >= 11 is 0. The molecule has 0 saturated carbocycles. The molecule has 0 saturated heterocycles. The fourth-order valence-corrected chi connectivity index (χ4v) is 3.23. The molecule has 0 bridgehead atoms. The van der Waals surface area contributed by atoms with E-state index in [1.54, 1.807) is 0 Å². The number of benzene rings is 3. The average molecular weight is 332 g/mol. The zero-order valence-electron chi connectivity index (χ0n) is 14.5. The molecule has 0 aromatic heterocycles. The molecule has 3 rings (SSSR count). The fourth-order valence-electron chi connectivity index (χ4n) is 3.23. The number of hydrogen-bond donors (Lipinski definition) is 1. The van der Waals surface area contributed by atoms with Crippen LogP contribution in [0.4, 0.5) is 0 Å². The predicted octanol–water partition coefficient (Wildman–Crippen LogP) is 5.11. The number of aliphatic hydroxyl groups is 1. The summed E-state index contributed by atoms with van der Waals surface area (Å²) in [7, 11) is 0. The van der Waals surface area contributed by atoms with E-state index in [2.05, 4.69) is 36.4 Å². The van der Waals surface area contributed by atoms with Crippen molar-refractivity contribution in [3.05, 3.63) is 108 Å². The third-order valence-electron chi connectivity index (χ3n) is 4.39. The molecule has 25 heavy (non-hydrogen) atoms. The first kappa shape index (κ1) is 17.4. The lowest BCUT2D eigenvalue weighted by Gasteiger charge is -2.37. The molecule has 0 aliphatic carbocycles. The zero-order valence-corrected chi connectivity index (χ0v) is 14.5. The molecule has 128 valence electrons. The highest BCUT2D eigenvalue weighted by atomic mass is 16.6. The van der Waals surface area contributed by atoms with Crippen LogP contribution < -0.4 is 0 Å². The van der Waals surface area contributed by atoms with Gasteiger partial charge in [0.25, 0.3) is 0 Å². The molecule has 0 radical (unpaired) electrons. The molecule has 0 fully saturated rings. The maximum atomic E-state index is 10.5. The molecule has 1 N–H and O–H groups in total. The summed E-state index contributed by atoms with van der Waals surface area (Å²) < 4.78 is 6.39. The third-order valence-corrected chi connectivity index (χ3v) is 4.39. The molecule has 1 unspecified atom stereocenters. The topological polar surface area (TPSA) is 29.5 Å². The minimum absolute atomic E-state index is 0.592. The van der Waals surface area contributed by atoms with Gasteiger partial charge in [0.15, 0.2) is 6.29 Å². The lowest BCUT2D eigenvalue weighted by molar-refractivity contribution is -0.162. The molecule has 3 aromatic carbocycles. The first-order valence-electron chi connectivity index (χ1n) is 8.80. The summed E-state index contributed by atoms with van der Waals surface area (Å²) in [5.74, 6) is 0. The Morgan fingerprint density at radius 3 is 1.40 bits per heavy atom. The highest BCUT2D eigenvalue weighted by Gasteiger charge is 2.39. The van der Waals surface area contributed by atoms with E-state index in [-0.39, 0.29) is 0 Å². The predicted molar refractivity (Wildman–Crippen MR) is 101 cm³/mol. The summed E-state index contributed by atoms with van der Waals surface area (Å²) in [5.41, 5.74) is 2.16. The maximum Gasteiger partial charge on any atom is 0.156 e. The van der Waals surface area contributed by atoms with Crippen molar-refractivity contribution in [3.8, 4) is 0 Å². The van der Waals surface area contributed by atoms with Gasteiger partial charge in [-0.25, -0.2) is 0 Å². The molecule has 0 aliphatic rings. The van der Waals surface area contributed by atoms with Crippen molar-refractivity contribution in [2.75, 3.05) is 0 Å². The Morgan fingerprint density at radius 2 is 1.08 bits per heavy atom. The van der Waals surface area contributed by atoms with Gasteiger partial charge in [-0.1, -0.05) is 104 Å². The standard InChI is InChI=1S/C23H24O2/c1-2-12-22(24)25-23(19-13-6-3-7-14-19,20-15-8-4-9-16-20)21-17-10-5-11-18-21/h3-11,13-18,22,24H,2,12H2,1H3. The minimum Gasteiger partial charge on any atom is -0.368 e. The van der Waals surface area contributed by atoms with Crippen LogP contribution in [0.5, 0.6) is 0 Å². The van der Waals surface area contributed by atoms with Crippen LogP contribution in [0.3, 0.4) is 0 Å². The summed E-state index contributed by atoms with van der Waals surface area (Å²) in [6.45, 7) is 2.04. The van der Waals surface area contributed by atoms with Gasteiger partial charge in [-0.05, 0) is 23.1 Å². The monoisotopic (exact) mass is 332 g/mol. The molecule has 0 aliphatic heterocycles. The Kier molecular flexibility index (Phi) is 5.64. The fraction of sp³-hybridized carbons (Fsp3) is 0.217. The van der Waals surface area contributed by atoms with Crippen LogP contribution in [-0.2, 0) is 10.3 Å². The van der Waals surface area contributed by atoms with Gasteiger partial charge < -0.3 is 9.84 Å². The second-order valence-corrected chi connectivity index (χ2v) is 6.14. The highest BCUT2D eigenvalue weighted by molar-refractivity contribution is 5.47. The first-order valence-corrected chi connectivity index (χ1v) is 8.80. The number of hydrogen-bond acceptors (Lipinski definition) is 2. The largest absolute Gasteiger partial charge is 0.368 e. The van der Waals surface area contributed by atoms with E-state index in [1.165, 1.54) is 0 Å². The van der Waals surface area contributed by atoms with Gasteiger partial charge in [-0.2, -0.15) is 0 Å². The van der Waals surface area contributed by atoms with Gasteiger partial charge in [0.1, 0.15) is 5.60 Å². The smallest absolute Gasteiger partial charge is 0.156 e. The second-order valence-electron chi connectivity index (χ2n) is 6.14. The summed E-state index contributed by atoms with van der Waals surface area (Å²) in [6.07, 6.45) is 0.606. The normalized spacial score (nSPS) is 12.7. The Labute approximate surface area is 149 Å². The van der Waals surface area contributed by atoms with Gasteiger partial charge in [0.05, 0.1) is 0 Å². The Morgan fingerprint density at radius 1 is 0.720 bits per heavy atom. The molecule has 1 atom stereocenters.